The van der Waals surface area contributed by atoms with Gasteiger partial charge in [-0.15, -0.1) is 0 Å². The van der Waals surface area contributed by atoms with Gasteiger partial charge in [-0.1, -0.05) is 47.6 Å². The summed E-state index contributed by atoms with van der Waals surface area (Å²) in [5, 5.41) is 6.76. The molecule has 1 aliphatic carbocycles. The summed E-state index contributed by atoms with van der Waals surface area (Å²) in [5.41, 5.74) is 3.66. The van der Waals surface area contributed by atoms with Crippen molar-refractivity contribution in [2.45, 2.75) is 25.7 Å². The lowest BCUT2D eigenvalue weighted by Gasteiger charge is -2.10. The van der Waals surface area contributed by atoms with Crippen LogP contribution in [0.2, 0.25) is 0 Å². The van der Waals surface area contributed by atoms with E-state index < -0.39 is 0 Å². The van der Waals surface area contributed by atoms with Gasteiger partial charge in [0.25, 0.3) is 0 Å². The van der Waals surface area contributed by atoms with Crippen LogP contribution in [0.1, 0.15) is 24.1 Å². The topological polar surface area (TPSA) is 26.0 Å². The zero-order valence-electron chi connectivity index (χ0n) is 10.7. The van der Waals surface area contributed by atoms with Crippen molar-refractivity contribution in [2.75, 3.05) is 0 Å². The van der Waals surface area contributed by atoms with Crippen LogP contribution in [0.5, 0.6) is 0 Å². The molecule has 4 rings (SSSR count). The smallest absolute Gasteiger partial charge is 0.170 e. The van der Waals surface area contributed by atoms with Crippen LogP contribution >= 0.6 is 0 Å². The van der Waals surface area contributed by atoms with E-state index in [2.05, 4.69) is 47.6 Å². The summed E-state index contributed by atoms with van der Waals surface area (Å²) in [7, 11) is 0. The Labute approximate surface area is 112 Å². The third kappa shape index (κ3) is 1.67. The highest BCUT2D eigenvalue weighted by Crippen LogP contribution is 2.35. The van der Waals surface area contributed by atoms with Crippen LogP contribution in [-0.4, -0.2) is 5.16 Å². The molecule has 19 heavy (non-hydrogen) atoms. The first-order valence-electron chi connectivity index (χ1n) is 6.89. The first-order chi connectivity index (χ1) is 9.43. The Bertz CT molecular complexity index is 737. The third-order valence-corrected chi connectivity index (χ3v) is 3.99. The summed E-state index contributed by atoms with van der Waals surface area (Å²) < 4.78 is 5.66. The number of rotatable bonds is 1. The summed E-state index contributed by atoms with van der Waals surface area (Å²) in [4.78, 5) is 0. The molecule has 0 saturated heterocycles. The van der Waals surface area contributed by atoms with E-state index in [0.717, 1.165) is 24.3 Å². The number of aromatic nitrogens is 1. The molecule has 1 heterocycles. The predicted octanol–water partition coefficient (Wildman–Crippen LogP) is 4.37. The van der Waals surface area contributed by atoms with Crippen LogP contribution in [0, 0.1) is 0 Å². The van der Waals surface area contributed by atoms with Gasteiger partial charge in [0.15, 0.2) is 5.76 Å². The van der Waals surface area contributed by atoms with Crippen molar-refractivity contribution in [1.82, 2.24) is 5.16 Å². The Morgan fingerprint density at radius 2 is 1.74 bits per heavy atom. The Morgan fingerprint density at radius 1 is 0.895 bits per heavy atom. The first kappa shape index (κ1) is 10.8. The summed E-state index contributed by atoms with van der Waals surface area (Å²) in [6.07, 6.45) is 4.63. The number of aryl methyl sites for hydroxylation is 1. The molecule has 1 aromatic heterocycles. The zero-order valence-corrected chi connectivity index (χ0v) is 10.7. The summed E-state index contributed by atoms with van der Waals surface area (Å²) in [5.74, 6) is 0.978. The molecule has 1 aliphatic rings. The van der Waals surface area contributed by atoms with E-state index in [-0.39, 0.29) is 0 Å². The fourth-order valence-corrected chi connectivity index (χ4v) is 3.03. The van der Waals surface area contributed by atoms with Crippen molar-refractivity contribution in [3.63, 3.8) is 0 Å². The second-order valence-corrected chi connectivity index (χ2v) is 5.17. The molecule has 0 atom stereocenters. The lowest BCUT2D eigenvalue weighted by molar-refractivity contribution is 0.423. The van der Waals surface area contributed by atoms with Gasteiger partial charge in [0.05, 0.1) is 5.69 Å². The van der Waals surface area contributed by atoms with E-state index in [4.69, 9.17) is 4.52 Å². The van der Waals surface area contributed by atoms with Crippen molar-refractivity contribution >= 4 is 10.8 Å². The number of benzene rings is 2. The quantitative estimate of drug-likeness (QED) is 0.640. The van der Waals surface area contributed by atoms with Crippen molar-refractivity contribution in [3.05, 3.63) is 53.7 Å². The lowest BCUT2D eigenvalue weighted by atomic mass is 9.92. The van der Waals surface area contributed by atoms with Gasteiger partial charge in [0.2, 0.25) is 0 Å². The van der Waals surface area contributed by atoms with Gasteiger partial charge in [-0.3, -0.25) is 0 Å². The number of hydrogen-bond acceptors (Lipinski definition) is 2. The SMILES string of the molecule is c1ccc2c(-c3onc4c3CCCC4)cccc2c1. The maximum atomic E-state index is 5.66. The molecule has 0 amide bonds. The second-order valence-electron chi connectivity index (χ2n) is 5.17. The largest absolute Gasteiger partial charge is 0.356 e. The molecule has 94 valence electrons. The highest BCUT2D eigenvalue weighted by Gasteiger charge is 2.21. The molecule has 0 bridgehead atoms. The molecule has 2 nitrogen and oxygen atoms in total. The Hall–Kier alpha value is -2.09. The Balaban J connectivity index is 1.98. The van der Waals surface area contributed by atoms with Gasteiger partial charge in [0, 0.05) is 11.1 Å². The second kappa shape index (κ2) is 4.23. The highest BCUT2D eigenvalue weighted by atomic mass is 16.5. The van der Waals surface area contributed by atoms with E-state index >= 15 is 0 Å². The molecule has 0 saturated carbocycles. The van der Waals surface area contributed by atoms with E-state index in [0.29, 0.717) is 0 Å². The number of fused-ring (bicyclic) bond motifs is 2. The van der Waals surface area contributed by atoms with Crippen LogP contribution in [0.15, 0.2) is 47.0 Å². The monoisotopic (exact) mass is 249 g/mol. The molecule has 0 aliphatic heterocycles. The van der Waals surface area contributed by atoms with Gasteiger partial charge in [0.1, 0.15) is 0 Å². The molecule has 2 aromatic carbocycles. The Kier molecular flexibility index (Phi) is 2.41. The summed E-state index contributed by atoms with van der Waals surface area (Å²) in [6.45, 7) is 0. The predicted molar refractivity (Wildman–Crippen MR) is 76.1 cm³/mol. The van der Waals surface area contributed by atoms with E-state index in [1.54, 1.807) is 0 Å². The van der Waals surface area contributed by atoms with Crippen LogP contribution in [0.25, 0.3) is 22.1 Å². The number of nitrogens with zero attached hydrogens (tertiary/aromatic N) is 1. The van der Waals surface area contributed by atoms with E-state index in [1.165, 1.54) is 34.7 Å². The fourth-order valence-electron chi connectivity index (χ4n) is 3.03. The molecular formula is C17H15NO. The molecule has 3 aromatic rings. The van der Waals surface area contributed by atoms with E-state index in [9.17, 15) is 0 Å². The van der Waals surface area contributed by atoms with Gasteiger partial charge in [-0.25, -0.2) is 0 Å². The number of hydrogen-bond donors (Lipinski definition) is 0. The lowest BCUT2D eigenvalue weighted by Crippen LogP contribution is -2.01. The molecule has 0 unspecified atom stereocenters. The van der Waals surface area contributed by atoms with Gasteiger partial charge in [-0.05, 0) is 36.5 Å². The van der Waals surface area contributed by atoms with Crippen LogP contribution in [0.3, 0.4) is 0 Å². The zero-order chi connectivity index (χ0) is 12.7. The normalized spacial score (nSPS) is 14.5. The standard InChI is InChI=1S/C17H15NO/c1-2-8-13-12(6-1)7-5-10-14(13)17-15-9-3-4-11-16(15)18-19-17/h1-2,5-8,10H,3-4,9,11H2. The average molecular weight is 249 g/mol. The minimum Gasteiger partial charge on any atom is -0.356 e. The average Bonchev–Trinajstić information content (AvgIpc) is 2.90. The maximum absolute atomic E-state index is 5.66. The third-order valence-electron chi connectivity index (χ3n) is 3.99. The van der Waals surface area contributed by atoms with Gasteiger partial charge >= 0.3 is 0 Å². The summed E-state index contributed by atoms with van der Waals surface area (Å²) >= 11 is 0. The molecule has 0 radical (unpaired) electrons. The van der Waals surface area contributed by atoms with Crippen LogP contribution < -0.4 is 0 Å². The Morgan fingerprint density at radius 3 is 2.74 bits per heavy atom. The molecule has 0 fully saturated rings. The van der Waals surface area contributed by atoms with Crippen molar-refractivity contribution in [1.29, 1.82) is 0 Å². The molecule has 2 heteroatoms. The summed E-state index contributed by atoms with van der Waals surface area (Å²) in [6, 6.07) is 14.8. The van der Waals surface area contributed by atoms with Crippen molar-refractivity contribution < 1.29 is 4.52 Å². The van der Waals surface area contributed by atoms with Crippen LogP contribution in [-0.2, 0) is 12.8 Å². The minimum absolute atomic E-state index is 0.978. The van der Waals surface area contributed by atoms with Crippen molar-refractivity contribution in [3.8, 4) is 11.3 Å². The van der Waals surface area contributed by atoms with Gasteiger partial charge < -0.3 is 4.52 Å². The minimum atomic E-state index is 0.978. The first-order valence-corrected chi connectivity index (χ1v) is 6.89. The molecule has 0 N–H and O–H groups in total. The van der Waals surface area contributed by atoms with Gasteiger partial charge in [-0.2, -0.15) is 0 Å². The highest BCUT2D eigenvalue weighted by molar-refractivity contribution is 5.96. The van der Waals surface area contributed by atoms with E-state index in [1.807, 2.05) is 0 Å². The molecule has 0 spiro atoms. The molecular weight excluding hydrogens is 234 g/mol. The fraction of sp³-hybridized carbons (Fsp3) is 0.235. The maximum Gasteiger partial charge on any atom is 0.170 e. The van der Waals surface area contributed by atoms with Crippen LogP contribution in [0.4, 0.5) is 0 Å². The van der Waals surface area contributed by atoms with Crippen molar-refractivity contribution in [2.24, 2.45) is 0 Å².